The Morgan fingerprint density at radius 1 is 1.12 bits per heavy atom. The summed E-state index contributed by atoms with van der Waals surface area (Å²) in [6, 6.07) is 16.2. The Bertz CT molecular complexity index is 1110. The summed E-state index contributed by atoms with van der Waals surface area (Å²) in [5, 5.41) is 16.9. The van der Waals surface area contributed by atoms with Crippen LogP contribution in [0.3, 0.4) is 0 Å². The smallest absolute Gasteiger partial charge is 0.321 e. The number of para-hydroxylation sites is 1. The molecular formula is C22H22N6O3S. The average Bonchev–Trinajstić information content (AvgIpc) is 3.16. The summed E-state index contributed by atoms with van der Waals surface area (Å²) in [5.74, 6) is 0.269. The van der Waals surface area contributed by atoms with Crippen molar-refractivity contribution in [1.29, 1.82) is 0 Å². The minimum absolute atomic E-state index is 0.153. The van der Waals surface area contributed by atoms with Crippen molar-refractivity contribution in [3.8, 4) is 5.69 Å². The van der Waals surface area contributed by atoms with Gasteiger partial charge < -0.3 is 10.6 Å². The molecule has 164 valence electrons. The fourth-order valence-corrected chi connectivity index (χ4v) is 4.11. The molecule has 4 rings (SSSR count). The van der Waals surface area contributed by atoms with Gasteiger partial charge in [0.1, 0.15) is 5.82 Å². The summed E-state index contributed by atoms with van der Waals surface area (Å²) in [6.45, 7) is 1.99. The highest BCUT2D eigenvalue weighted by molar-refractivity contribution is 7.99. The van der Waals surface area contributed by atoms with Gasteiger partial charge in [-0.2, -0.15) is 0 Å². The molecule has 10 heteroatoms. The molecule has 0 bridgehead atoms. The van der Waals surface area contributed by atoms with E-state index in [1.54, 1.807) is 0 Å². The van der Waals surface area contributed by atoms with E-state index in [2.05, 4.69) is 26.1 Å². The number of carbonyl (C=O) groups is 3. The zero-order valence-electron chi connectivity index (χ0n) is 17.4. The standard InChI is InChI=1S/C22H22N6O3S/c1-14-7-9-15(10-8-14)23-20(30)13-32-22-27-26-18(28(22)17-5-3-2-4-6-17)11-16-12-19(29)25-21(31)24-16/h2-10,16H,11-13H2,1H3,(H,23,30)(H2,24,25,29,31). The number of aromatic nitrogens is 3. The van der Waals surface area contributed by atoms with E-state index in [0.29, 0.717) is 17.4 Å². The van der Waals surface area contributed by atoms with Gasteiger partial charge in [0.15, 0.2) is 5.16 Å². The number of benzene rings is 2. The zero-order valence-corrected chi connectivity index (χ0v) is 18.2. The Hall–Kier alpha value is -3.66. The molecule has 1 atom stereocenters. The normalized spacial score (nSPS) is 15.7. The van der Waals surface area contributed by atoms with Crippen LogP contribution in [0.1, 0.15) is 17.8 Å². The molecule has 0 spiro atoms. The molecule has 1 aromatic heterocycles. The molecule has 1 saturated heterocycles. The Kier molecular flexibility index (Phi) is 6.50. The molecule has 1 aliphatic rings. The first kappa shape index (κ1) is 21.6. The maximum absolute atomic E-state index is 12.4. The van der Waals surface area contributed by atoms with Crippen LogP contribution < -0.4 is 16.0 Å². The monoisotopic (exact) mass is 450 g/mol. The van der Waals surface area contributed by atoms with E-state index in [4.69, 9.17) is 0 Å². The van der Waals surface area contributed by atoms with Gasteiger partial charge in [-0.05, 0) is 31.2 Å². The van der Waals surface area contributed by atoms with Crippen molar-refractivity contribution in [3.05, 3.63) is 66.0 Å². The number of nitrogens with zero attached hydrogens (tertiary/aromatic N) is 3. The van der Waals surface area contributed by atoms with Crippen molar-refractivity contribution >= 4 is 35.3 Å². The van der Waals surface area contributed by atoms with Crippen LogP contribution in [0.15, 0.2) is 59.8 Å². The van der Waals surface area contributed by atoms with Crippen molar-refractivity contribution in [2.24, 2.45) is 0 Å². The fourth-order valence-electron chi connectivity index (χ4n) is 3.34. The second-order valence-electron chi connectivity index (χ2n) is 7.40. The highest BCUT2D eigenvalue weighted by Gasteiger charge is 2.26. The summed E-state index contributed by atoms with van der Waals surface area (Å²) in [7, 11) is 0. The van der Waals surface area contributed by atoms with Crippen LogP contribution in [-0.4, -0.2) is 44.4 Å². The number of anilines is 1. The van der Waals surface area contributed by atoms with Crippen LogP contribution >= 0.6 is 11.8 Å². The van der Waals surface area contributed by atoms with Gasteiger partial charge >= 0.3 is 6.03 Å². The van der Waals surface area contributed by atoms with Crippen LogP contribution in [0.4, 0.5) is 10.5 Å². The van der Waals surface area contributed by atoms with E-state index in [0.717, 1.165) is 16.9 Å². The number of imide groups is 1. The highest BCUT2D eigenvalue weighted by atomic mass is 32.2. The molecule has 4 amide bonds. The molecule has 0 saturated carbocycles. The third-order valence-corrected chi connectivity index (χ3v) is 5.76. The largest absolute Gasteiger partial charge is 0.334 e. The van der Waals surface area contributed by atoms with Gasteiger partial charge in [-0.1, -0.05) is 47.7 Å². The first-order valence-corrected chi connectivity index (χ1v) is 11.1. The first-order valence-electron chi connectivity index (χ1n) is 10.1. The van der Waals surface area contributed by atoms with Gasteiger partial charge in [-0.15, -0.1) is 10.2 Å². The summed E-state index contributed by atoms with van der Waals surface area (Å²) < 4.78 is 1.85. The van der Waals surface area contributed by atoms with Crippen molar-refractivity contribution in [2.75, 3.05) is 11.1 Å². The summed E-state index contributed by atoms with van der Waals surface area (Å²) in [4.78, 5) is 35.8. The van der Waals surface area contributed by atoms with E-state index < -0.39 is 6.03 Å². The Balaban J connectivity index is 1.50. The summed E-state index contributed by atoms with van der Waals surface area (Å²) in [6.07, 6.45) is 0.492. The van der Waals surface area contributed by atoms with Crippen LogP contribution in [0.25, 0.3) is 5.69 Å². The van der Waals surface area contributed by atoms with E-state index in [1.165, 1.54) is 11.8 Å². The minimum Gasteiger partial charge on any atom is -0.334 e. The minimum atomic E-state index is -0.514. The van der Waals surface area contributed by atoms with Gasteiger partial charge in [-0.3, -0.25) is 19.5 Å². The van der Waals surface area contributed by atoms with Gasteiger partial charge in [0, 0.05) is 30.3 Å². The van der Waals surface area contributed by atoms with Crippen LogP contribution in [0, 0.1) is 6.92 Å². The van der Waals surface area contributed by atoms with Gasteiger partial charge in [0.2, 0.25) is 11.8 Å². The predicted molar refractivity (Wildman–Crippen MR) is 121 cm³/mol. The third kappa shape index (κ3) is 5.33. The van der Waals surface area contributed by atoms with Crippen molar-refractivity contribution in [1.82, 2.24) is 25.4 Å². The number of thioether (sulfide) groups is 1. The number of amides is 4. The fraction of sp³-hybridized carbons (Fsp3) is 0.227. The number of carbonyl (C=O) groups excluding carboxylic acids is 3. The molecule has 2 heterocycles. The lowest BCUT2D eigenvalue weighted by atomic mass is 10.1. The van der Waals surface area contributed by atoms with Gasteiger partial charge in [0.05, 0.1) is 5.75 Å². The number of hydrogen-bond acceptors (Lipinski definition) is 6. The lowest BCUT2D eigenvalue weighted by molar-refractivity contribution is -0.121. The van der Waals surface area contributed by atoms with Crippen molar-refractivity contribution < 1.29 is 14.4 Å². The quantitative estimate of drug-likeness (QED) is 0.476. The molecule has 0 radical (unpaired) electrons. The topological polar surface area (TPSA) is 118 Å². The molecule has 1 aliphatic heterocycles. The number of hydrogen-bond donors (Lipinski definition) is 3. The van der Waals surface area contributed by atoms with Crippen molar-refractivity contribution in [2.45, 2.75) is 31.0 Å². The zero-order chi connectivity index (χ0) is 22.5. The van der Waals surface area contributed by atoms with Crippen molar-refractivity contribution in [3.63, 3.8) is 0 Å². The second kappa shape index (κ2) is 9.65. The summed E-state index contributed by atoms with van der Waals surface area (Å²) in [5.41, 5.74) is 2.69. The van der Waals surface area contributed by atoms with Crippen LogP contribution in [0.2, 0.25) is 0 Å². The highest BCUT2D eigenvalue weighted by Crippen LogP contribution is 2.23. The lowest BCUT2D eigenvalue weighted by Gasteiger charge is -2.23. The van der Waals surface area contributed by atoms with E-state index in [-0.39, 0.29) is 30.0 Å². The number of rotatable bonds is 7. The molecular weight excluding hydrogens is 428 g/mol. The SMILES string of the molecule is Cc1ccc(NC(=O)CSc2nnc(CC3CC(=O)NC(=O)N3)n2-c2ccccc2)cc1. The van der Waals surface area contributed by atoms with E-state index in [9.17, 15) is 14.4 Å². The van der Waals surface area contributed by atoms with Gasteiger partial charge in [-0.25, -0.2) is 4.79 Å². The number of urea groups is 1. The average molecular weight is 451 g/mol. The summed E-state index contributed by atoms with van der Waals surface area (Å²) >= 11 is 1.27. The number of nitrogens with one attached hydrogen (secondary N) is 3. The molecule has 2 aromatic carbocycles. The van der Waals surface area contributed by atoms with Crippen LogP contribution in [-0.2, 0) is 16.0 Å². The Morgan fingerprint density at radius 2 is 1.88 bits per heavy atom. The third-order valence-electron chi connectivity index (χ3n) is 4.83. The van der Waals surface area contributed by atoms with Gasteiger partial charge in [0.25, 0.3) is 0 Å². The molecule has 3 aromatic rings. The molecule has 32 heavy (non-hydrogen) atoms. The van der Waals surface area contributed by atoms with Crippen LogP contribution in [0.5, 0.6) is 0 Å². The molecule has 1 fully saturated rings. The molecule has 0 aliphatic carbocycles. The first-order chi connectivity index (χ1) is 15.5. The number of aryl methyl sites for hydroxylation is 1. The maximum Gasteiger partial charge on any atom is 0.321 e. The lowest BCUT2D eigenvalue weighted by Crippen LogP contribution is -2.53. The second-order valence-corrected chi connectivity index (χ2v) is 8.34. The molecule has 1 unspecified atom stereocenters. The van der Waals surface area contributed by atoms with E-state index >= 15 is 0 Å². The Labute approximate surface area is 189 Å². The van der Waals surface area contributed by atoms with E-state index in [1.807, 2.05) is 66.1 Å². The molecule has 9 nitrogen and oxygen atoms in total. The predicted octanol–water partition coefficient (Wildman–Crippen LogP) is 2.45. The maximum atomic E-state index is 12.4. The molecule has 3 N–H and O–H groups in total. The Morgan fingerprint density at radius 3 is 2.59 bits per heavy atom.